The van der Waals surface area contributed by atoms with Gasteiger partial charge in [-0.3, -0.25) is 24.2 Å². The third-order valence-electron chi connectivity index (χ3n) is 5.93. The second kappa shape index (κ2) is 24.7. The molecule has 3 aliphatic rings. The largest absolute Gasteiger partial charge is 2.00 e. The maximum atomic E-state index is 12.0. The van der Waals surface area contributed by atoms with E-state index in [-0.39, 0.29) is 98.3 Å². The molecule has 3 heterocycles. The van der Waals surface area contributed by atoms with Crippen LogP contribution in [0.15, 0.2) is 0 Å². The van der Waals surface area contributed by atoms with Crippen molar-refractivity contribution in [2.24, 2.45) is 0 Å². The summed E-state index contributed by atoms with van der Waals surface area (Å²) in [7, 11) is 2.96. The second-order valence-electron chi connectivity index (χ2n) is 11.6. The summed E-state index contributed by atoms with van der Waals surface area (Å²) in [5.41, 5.74) is -1.05. The Bertz CT molecular complexity index is 804. The van der Waals surface area contributed by atoms with Crippen molar-refractivity contribution in [3.63, 3.8) is 0 Å². The fourth-order valence-electron chi connectivity index (χ4n) is 4.10. The molecule has 3 amide bonds. The van der Waals surface area contributed by atoms with Gasteiger partial charge < -0.3 is 38.6 Å². The first kappa shape index (κ1) is 52.1. The second-order valence-corrected chi connectivity index (χ2v) is 11.6. The quantitative estimate of drug-likeness (QED) is 0.244. The van der Waals surface area contributed by atoms with Crippen LogP contribution < -0.4 is 17.0 Å². The van der Waals surface area contributed by atoms with E-state index in [9.17, 15) is 19.2 Å². The molecule has 0 aromatic rings. The summed E-state index contributed by atoms with van der Waals surface area (Å²) in [4.78, 5) is 54.9. The molecule has 0 aromatic carbocycles. The number of ketones is 1. The van der Waals surface area contributed by atoms with E-state index in [1.165, 1.54) is 43.7 Å². The Hall–Kier alpha value is -0.454. The molecule has 0 saturated carbocycles. The van der Waals surface area contributed by atoms with Gasteiger partial charge in [0.15, 0.2) is 5.78 Å². The summed E-state index contributed by atoms with van der Waals surface area (Å²) in [6, 6.07) is -0.760. The number of hydrogen-bond donors (Lipinski definition) is 0. The van der Waals surface area contributed by atoms with E-state index in [4.69, 9.17) is 19.0 Å². The van der Waals surface area contributed by atoms with Gasteiger partial charge in [-0.15, -0.1) is 0 Å². The zero-order chi connectivity index (χ0) is 29.1. The minimum Gasteiger partial charge on any atom is -1.00 e. The van der Waals surface area contributed by atoms with Gasteiger partial charge in [0.25, 0.3) is 5.91 Å². The molecule has 43 heavy (non-hydrogen) atoms. The van der Waals surface area contributed by atoms with Crippen molar-refractivity contribution in [1.82, 2.24) is 14.9 Å². The van der Waals surface area contributed by atoms with Crippen LogP contribution in [0.4, 0.5) is 9.59 Å². The molecule has 3 fully saturated rings. The smallest absolute Gasteiger partial charge is 1.00 e. The molecule has 0 aromatic heterocycles. The summed E-state index contributed by atoms with van der Waals surface area (Å²) in [6.07, 6.45) is 4.82. The third kappa shape index (κ3) is 20.3. The van der Waals surface area contributed by atoms with Crippen molar-refractivity contribution >= 4 is 73.9 Å². The van der Waals surface area contributed by atoms with Crippen LogP contribution in [0.2, 0.25) is 0 Å². The van der Waals surface area contributed by atoms with Crippen molar-refractivity contribution in [3.05, 3.63) is 7.43 Å². The van der Waals surface area contributed by atoms with Gasteiger partial charge in [-0.1, -0.05) is 0 Å². The van der Waals surface area contributed by atoms with Crippen LogP contribution in [0, 0.1) is 7.43 Å². The maximum Gasteiger partial charge on any atom is 2.00 e. The topological polar surface area (TPSA) is 115 Å². The molecule has 0 aliphatic carbocycles. The van der Waals surface area contributed by atoms with Crippen molar-refractivity contribution < 1.29 is 55.2 Å². The van der Waals surface area contributed by atoms with Gasteiger partial charge in [-0.2, -0.15) is 27.0 Å². The van der Waals surface area contributed by atoms with E-state index in [0.717, 1.165) is 37.5 Å². The summed E-state index contributed by atoms with van der Waals surface area (Å²) in [5, 5.41) is 1.15. The molecule has 15 heteroatoms. The molecule has 0 N–H and O–H groups in total. The van der Waals surface area contributed by atoms with E-state index in [0.29, 0.717) is 19.5 Å². The van der Waals surface area contributed by atoms with Gasteiger partial charge in [0.05, 0.1) is 13.2 Å². The van der Waals surface area contributed by atoms with E-state index in [2.05, 4.69) is 0 Å². The summed E-state index contributed by atoms with van der Waals surface area (Å²) >= 11 is 0. The first-order chi connectivity index (χ1) is 17.6. The molecule has 11 nitrogen and oxygen atoms in total. The number of Topliss-reactive ketones (excluding diaryl/α,β-unsaturated/α-hetero) is 1. The van der Waals surface area contributed by atoms with E-state index < -0.39 is 23.3 Å². The average Bonchev–Trinajstić information content (AvgIpc) is 3.58. The zero-order valence-corrected chi connectivity index (χ0v) is 32.9. The van der Waals surface area contributed by atoms with Gasteiger partial charge in [-0.05, 0) is 87.0 Å². The Morgan fingerprint density at radius 3 is 1.44 bits per heavy atom. The predicted octanol–water partition coefficient (Wildman–Crippen LogP) is 1.48. The van der Waals surface area contributed by atoms with Gasteiger partial charge in [0.1, 0.15) is 17.2 Å². The van der Waals surface area contributed by atoms with Gasteiger partial charge >= 0.3 is 35.2 Å². The number of halogens is 1. The molecule has 0 unspecified atom stereocenters. The Labute approximate surface area is 300 Å². The molecule has 0 radical (unpaired) electrons. The summed E-state index contributed by atoms with van der Waals surface area (Å²) in [6.45, 7) is 15.6. The molecule has 0 spiro atoms. The standard InChI is InChI=1S/C12H22N2O4.C11H19NO3.C4H8O.CH3.BrH.Mg.2H2S/c1-12(2,3)18-11(16)14-8-6-7-9(14)10(15)13(4)17-5;1-8(13)9-6-5-7-12(9)10(14)15-11(2,3)4;1-2-4-5-3-1;;;;;/h9H,6-8H2,1-5H3;9H,5-7H2,1-4H3;1-4H2;1H3;1H;;2*1H2/q;;;-1;;+2;;/p-1/t2*9-;;;;;;/m00....../s1. The molecule has 3 aliphatic heterocycles. The van der Waals surface area contributed by atoms with Gasteiger partial charge in [0.2, 0.25) is 0 Å². The number of rotatable bonds is 3. The SMILES string of the molecule is C1CCOC1.CC(=O)[C@@H]1CCCN1C(=O)OC(C)(C)C.CON(C)C(=O)[C@@H]1CCCN1C(=O)OC(C)(C)C.S.S.[Br-].[CH3-].[Mg+2]. The van der Waals surface area contributed by atoms with Crippen LogP contribution in [0.3, 0.4) is 0 Å². The monoisotopic (exact) mass is 729 g/mol. The Morgan fingerprint density at radius 2 is 1.14 bits per heavy atom. The molecule has 252 valence electrons. The number of likely N-dealkylation sites (N-methyl/N-ethyl adjacent to an activating group) is 1. The van der Waals surface area contributed by atoms with Crippen LogP contribution in [-0.2, 0) is 28.6 Å². The van der Waals surface area contributed by atoms with Crippen LogP contribution in [0.25, 0.3) is 0 Å². The van der Waals surface area contributed by atoms with Crippen molar-refractivity contribution in [2.45, 2.75) is 110 Å². The van der Waals surface area contributed by atoms with Crippen molar-refractivity contribution in [2.75, 3.05) is 40.5 Å². The molecule has 0 bridgehead atoms. The fraction of sp³-hybridized carbons (Fsp3) is 0.821. The van der Waals surface area contributed by atoms with E-state index >= 15 is 0 Å². The normalized spacial score (nSPS) is 18.6. The molecular formula is C28H56BrMgN3O8S2. The Morgan fingerprint density at radius 1 is 0.767 bits per heavy atom. The number of carbonyl (C=O) groups excluding carboxylic acids is 4. The Kier molecular flexibility index (Phi) is 30.0. The minimum atomic E-state index is -0.555. The fourth-order valence-corrected chi connectivity index (χ4v) is 4.10. The number of carbonyl (C=O) groups is 4. The summed E-state index contributed by atoms with van der Waals surface area (Å²) < 4.78 is 15.5. The average molecular weight is 731 g/mol. The maximum absolute atomic E-state index is 12.0. The first-order valence-electron chi connectivity index (χ1n) is 13.5. The van der Waals surface area contributed by atoms with Crippen molar-refractivity contribution in [3.8, 4) is 0 Å². The Balaban J connectivity index is -0.000000176. The molecular weight excluding hydrogens is 675 g/mol. The van der Waals surface area contributed by atoms with E-state index in [1.54, 1.807) is 20.8 Å². The first-order valence-corrected chi connectivity index (χ1v) is 13.5. The molecule has 3 rings (SSSR count). The summed E-state index contributed by atoms with van der Waals surface area (Å²) in [5.74, 6) is -0.181. The van der Waals surface area contributed by atoms with Crippen LogP contribution in [0.1, 0.15) is 87.0 Å². The minimum absolute atomic E-state index is 0. The van der Waals surface area contributed by atoms with Gasteiger partial charge in [0, 0.05) is 33.4 Å². The van der Waals surface area contributed by atoms with Crippen molar-refractivity contribution in [1.29, 1.82) is 0 Å². The number of hydroxylamine groups is 2. The third-order valence-corrected chi connectivity index (χ3v) is 5.93. The zero-order valence-electron chi connectivity index (χ0n) is 27.9. The number of likely N-dealkylation sites (tertiary alicyclic amines) is 2. The molecule has 2 atom stereocenters. The van der Waals surface area contributed by atoms with E-state index in [1.807, 2.05) is 20.8 Å². The van der Waals surface area contributed by atoms with Crippen LogP contribution in [0.5, 0.6) is 0 Å². The number of nitrogens with zero attached hydrogens (tertiary/aromatic N) is 3. The number of ether oxygens (including phenoxy) is 3. The van der Waals surface area contributed by atoms with Crippen LogP contribution >= 0.6 is 27.0 Å². The van der Waals surface area contributed by atoms with Gasteiger partial charge in [-0.25, -0.2) is 14.7 Å². The predicted molar refractivity (Wildman–Crippen MR) is 175 cm³/mol. The number of hydrogen-bond acceptors (Lipinski definition) is 8. The van der Waals surface area contributed by atoms with Crippen LogP contribution in [-0.4, -0.2) is 126 Å². The molecule has 3 saturated heterocycles. The number of amides is 3.